The van der Waals surface area contributed by atoms with Crippen molar-refractivity contribution in [3.8, 4) is 0 Å². The number of hydrogen-bond donors (Lipinski definition) is 2. The summed E-state index contributed by atoms with van der Waals surface area (Å²) in [6.07, 6.45) is 0.884. The zero-order valence-electron chi connectivity index (χ0n) is 11.7. The van der Waals surface area contributed by atoms with Gasteiger partial charge in [-0.1, -0.05) is 44.2 Å². The summed E-state index contributed by atoms with van der Waals surface area (Å²) in [7, 11) is 0. The molecule has 3 N–H and O–H groups in total. The number of nitrogens with one attached hydrogen (secondary N) is 1. The Labute approximate surface area is 110 Å². The summed E-state index contributed by atoms with van der Waals surface area (Å²) in [6.45, 7) is 8.10. The van der Waals surface area contributed by atoms with E-state index in [9.17, 15) is 4.79 Å². The smallest absolute Gasteiger partial charge is 0.236 e. The summed E-state index contributed by atoms with van der Waals surface area (Å²) in [4.78, 5) is 11.5. The fourth-order valence-electron chi connectivity index (χ4n) is 2.20. The van der Waals surface area contributed by atoms with Crippen LogP contribution in [0.1, 0.15) is 39.7 Å². The van der Waals surface area contributed by atoms with Crippen molar-refractivity contribution in [2.45, 2.75) is 51.6 Å². The minimum absolute atomic E-state index is 0.0335. The molecule has 0 saturated carbocycles. The predicted octanol–water partition coefficient (Wildman–Crippen LogP) is 2.21. The highest BCUT2D eigenvalue weighted by molar-refractivity contribution is 5.81. The molecule has 2 atom stereocenters. The SMILES string of the molecule is CC(CC(C)(C)c1ccccc1)NC(=O)[C@H](C)N. The van der Waals surface area contributed by atoms with Gasteiger partial charge in [0.1, 0.15) is 0 Å². The number of carbonyl (C=O) groups is 1. The third-order valence-electron chi connectivity index (χ3n) is 3.17. The van der Waals surface area contributed by atoms with Gasteiger partial charge in [0.15, 0.2) is 0 Å². The molecule has 0 aromatic heterocycles. The maximum Gasteiger partial charge on any atom is 0.236 e. The monoisotopic (exact) mass is 248 g/mol. The molecule has 0 aliphatic rings. The fraction of sp³-hybridized carbons (Fsp3) is 0.533. The summed E-state index contributed by atoms with van der Waals surface area (Å²) in [5.74, 6) is -0.0913. The van der Waals surface area contributed by atoms with Crippen molar-refractivity contribution in [1.82, 2.24) is 5.32 Å². The van der Waals surface area contributed by atoms with Crippen LogP contribution < -0.4 is 11.1 Å². The van der Waals surface area contributed by atoms with Gasteiger partial charge in [-0.3, -0.25) is 4.79 Å². The molecule has 3 heteroatoms. The molecule has 18 heavy (non-hydrogen) atoms. The Kier molecular flexibility index (Phi) is 4.91. The van der Waals surface area contributed by atoms with Gasteiger partial charge >= 0.3 is 0 Å². The molecule has 0 aliphatic carbocycles. The Morgan fingerprint density at radius 3 is 2.33 bits per heavy atom. The van der Waals surface area contributed by atoms with Crippen LogP contribution in [0.4, 0.5) is 0 Å². The molecule has 3 nitrogen and oxygen atoms in total. The van der Waals surface area contributed by atoms with Crippen molar-refractivity contribution in [2.75, 3.05) is 0 Å². The average molecular weight is 248 g/mol. The first-order chi connectivity index (χ1) is 8.33. The van der Waals surface area contributed by atoms with E-state index in [4.69, 9.17) is 5.73 Å². The van der Waals surface area contributed by atoms with Crippen molar-refractivity contribution in [2.24, 2.45) is 5.73 Å². The van der Waals surface area contributed by atoms with Crippen LogP contribution in [0.2, 0.25) is 0 Å². The van der Waals surface area contributed by atoms with Crippen LogP contribution >= 0.6 is 0 Å². The summed E-state index contributed by atoms with van der Waals surface area (Å²) < 4.78 is 0. The Bertz CT molecular complexity index is 385. The van der Waals surface area contributed by atoms with Gasteiger partial charge in [-0.05, 0) is 31.2 Å². The topological polar surface area (TPSA) is 55.1 Å². The van der Waals surface area contributed by atoms with Crippen molar-refractivity contribution in [3.05, 3.63) is 35.9 Å². The molecule has 0 heterocycles. The van der Waals surface area contributed by atoms with Crippen LogP contribution in [0, 0.1) is 0 Å². The predicted molar refractivity (Wildman–Crippen MR) is 75.3 cm³/mol. The molecule has 0 fully saturated rings. The number of benzene rings is 1. The van der Waals surface area contributed by atoms with Crippen molar-refractivity contribution in [1.29, 1.82) is 0 Å². The summed E-state index contributed by atoms with van der Waals surface area (Å²) >= 11 is 0. The zero-order chi connectivity index (χ0) is 13.8. The van der Waals surface area contributed by atoms with Crippen LogP contribution in [-0.4, -0.2) is 18.0 Å². The summed E-state index contributed by atoms with van der Waals surface area (Å²) in [5, 5.41) is 2.94. The molecule has 0 aliphatic heterocycles. The highest BCUT2D eigenvalue weighted by Crippen LogP contribution is 2.28. The first-order valence-electron chi connectivity index (χ1n) is 6.44. The number of amides is 1. The lowest BCUT2D eigenvalue weighted by Crippen LogP contribution is -2.44. The molecule has 1 rings (SSSR count). The van der Waals surface area contributed by atoms with Gasteiger partial charge in [0, 0.05) is 6.04 Å². The number of rotatable bonds is 5. The normalized spacial score (nSPS) is 14.9. The van der Waals surface area contributed by atoms with Crippen molar-refractivity contribution >= 4 is 5.91 Å². The Morgan fingerprint density at radius 1 is 1.28 bits per heavy atom. The second kappa shape index (κ2) is 6.01. The van der Waals surface area contributed by atoms with Crippen LogP contribution in [0.5, 0.6) is 0 Å². The van der Waals surface area contributed by atoms with Crippen LogP contribution in [-0.2, 0) is 10.2 Å². The van der Waals surface area contributed by atoms with Gasteiger partial charge < -0.3 is 11.1 Å². The lowest BCUT2D eigenvalue weighted by atomic mass is 9.79. The first-order valence-corrected chi connectivity index (χ1v) is 6.44. The molecule has 1 unspecified atom stereocenters. The van der Waals surface area contributed by atoms with Gasteiger partial charge in [-0.25, -0.2) is 0 Å². The van der Waals surface area contributed by atoms with E-state index in [1.54, 1.807) is 6.92 Å². The van der Waals surface area contributed by atoms with Crippen molar-refractivity contribution < 1.29 is 4.79 Å². The van der Waals surface area contributed by atoms with Crippen LogP contribution in [0.25, 0.3) is 0 Å². The van der Waals surface area contributed by atoms with Gasteiger partial charge in [0.05, 0.1) is 6.04 Å². The van der Waals surface area contributed by atoms with E-state index in [-0.39, 0.29) is 17.4 Å². The minimum Gasteiger partial charge on any atom is -0.352 e. The third kappa shape index (κ3) is 4.15. The molecule has 0 radical (unpaired) electrons. The molecule has 1 aromatic carbocycles. The van der Waals surface area contributed by atoms with E-state index < -0.39 is 6.04 Å². The quantitative estimate of drug-likeness (QED) is 0.839. The van der Waals surface area contributed by atoms with Gasteiger partial charge in [-0.2, -0.15) is 0 Å². The maximum atomic E-state index is 11.5. The second-order valence-electron chi connectivity index (χ2n) is 5.65. The summed E-state index contributed by atoms with van der Waals surface area (Å²) in [5.41, 5.74) is 6.86. The van der Waals surface area contributed by atoms with Crippen molar-refractivity contribution in [3.63, 3.8) is 0 Å². The maximum absolute atomic E-state index is 11.5. The van der Waals surface area contributed by atoms with E-state index in [0.29, 0.717) is 0 Å². The molecular weight excluding hydrogens is 224 g/mol. The molecule has 1 amide bonds. The second-order valence-corrected chi connectivity index (χ2v) is 5.65. The largest absolute Gasteiger partial charge is 0.352 e. The van der Waals surface area contributed by atoms with E-state index in [1.807, 2.05) is 25.1 Å². The van der Waals surface area contributed by atoms with Crippen LogP contribution in [0.3, 0.4) is 0 Å². The molecule has 0 saturated heterocycles. The Balaban J connectivity index is 2.63. The molecular formula is C15H24N2O. The van der Waals surface area contributed by atoms with E-state index in [1.165, 1.54) is 5.56 Å². The summed E-state index contributed by atoms with van der Waals surface area (Å²) in [6, 6.07) is 10.0. The zero-order valence-corrected chi connectivity index (χ0v) is 11.7. The lowest BCUT2D eigenvalue weighted by molar-refractivity contribution is -0.122. The van der Waals surface area contributed by atoms with Gasteiger partial charge in [0.2, 0.25) is 5.91 Å². The first kappa shape index (κ1) is 14.7. The molecule has 0 bridgehead atoms. The van der Waals surface area contributed by atoms with Crippen LogP contribution in [0.15, 0.2) is 30.3 Å². The number of carbonyl (C=O) groups excluding carboxylic acids is 1. The molecule has 1 aromatic rings. The fourth-order valence-corrected chi connectivity index (χ4v) is 2.20. The highest BCUT2D eigenvalue weighted by Gasteiger charge is 2.24. The Hall–Kier alpha value is -1.35. The standard InChI is InChI=1S/C15H24N2O/c1-11(17-14(18)12(2)16)10-15(3,4)13-8-6-5-7-9-13/h5-9,11-12H,10,16H2,1-4H3,(H,17,18)/t11?,12-/m0/s1. The average Bonchev–Trinajstić information content (AvgIpc) is 2.29. The van der Waals surface area contributed by atoms with Gasteiger partial charge in [-0.15, -0.1) is 0 Å². The van der Waals surface area contributed by atoms with E-state index in [2.05, 4.69) is 31.3 Å². The lowest BCUT2D eigenvalue weighted by Gasteiger charge is -2.29. The van der Waals surface area contributed by atoms with Gasteiger partial charge in [0.25, 0.3) is 0 Å². The van der Waals surface area contributed by atoms with E-state index in [0.717, 1.165) is 6.42 Å². The Morgan fingerprint density at radius 2 is 1.83 bits per heavy atom. The van der Waals surface area contributed by atoms with E-state index >= 15 is 0 Å². The minimum atomic E-state index is -0.452. The molecule has 100 valence electrons. The third-order valence-corrected chi connectivity index (χ3v) is 3.17. The molecule has 0 spiro atoms. The number of nitrogens with two attached hydrogens (primary N) is 1. The number of hydrogen-bond acceptors (Lipinski definition) is 2. The highest BCUT2D eigenvalue weighted by atomic mass is 16.2.